The number of carbonyl (C=O) groups excluding carboxylic acids is 1. The molecule has 1 aliphatic heterocycles. The summed E-state index contributed by atoms with van der Waals surface area (Å²) in [5, 5.41) is 11.8. The van der Waals surface area contributed by atoms with Crippen LogP contribution in [0.4, 0.5) is 5.69 Å². The highest BCUT2D eigenvalue weighted by Gasteiger charge is 2.50. The highest BCUT2D eigenvalue weighted by molar-refractivity contribution is 7.99. The molecular formula is C24H23NO2S. The molecule has 0 aromatic heterocycles. The summed E-state index contributed by atoms with van der Waals surface area (Å²) in [5.41, 5.74) is 0.996. The second-order valence-corrected chi connectivity index (χ2v) is 8.09. The van der Waals surface area contributed by atoms with Crippen molar-refractivity contribution in [1.29, 1.82) is 0 Å². The summed E-state index contributed by atoms with van der Waals surface area (Å²) < 4.78 is 0. The first-order valence-corrected chi connectivity index (χ1v) is 10.6. The Morgan fingerprint density at radius 1 is 0.929 bits per heavy atom. The van der Waals surface area contributed by atoms with Crippen molar-refractivity contribution in [2.45, 2.75) is 30.4 Å². The van der Waals surface area contributed by atoms with Crippen molar-refractivity contribution in [2.75, 3.05) is 10.7 Å². The lowest BCUT2D eigenvalue weighted by Gasteiger charge is -2.35. The largest absolute Gasteiger partial charge is 0.363 e. The average Bonchev–Trinajstić information content (AvgIpc) is 2.98. The van der Waals surface area contributed by atoms with Gasteiger partial charge in [0, 0.05) is 27.3 Å². The van der Waals surface area contributed by atoms with Crippen molar-refractivity contribution < 1.29 is 9.90 Å². The second kappa shape index (κ2) is 7.82. The van der Waals surface area contributed by atoms with Crippen molar-refractivity contribution in [3.63, 3.8) is 0 Å². The molecule has 1 amide bonds. The summed E-state index contributed by atoms with van der Waals surface area (Å²) in [6, 6.07) is 24.6. The van der Waals surface area contributed by atoms with Crippen molar-refractivity contribution >= 4 is 23.4 Å². The highest BCUT2D eigenvalue weighted by Crippen LogP contribution is 2.44. The fraction of sp³-hybridized carbons (Fsp3) is 0.208. The summed E-state index contributed by atoms with van der Waals surface area (Å²) in [7, 11) is 0. The molecule has 3 aromatic carbocycles. The Labute approximate surface area is 170 Å². The van der Waals surface area contributed by atoms with E-state index >= 15 is 0 Å². The van der Waals surface area contributed by atoms with E-state index in [0.717, 1.165) is 5.75 Å². The molecule has 0 saturated heterocycles. The van der Waals surface area contributed by atoms with E-state index in [9.17, 15) is 9.90 Å². The lowest BCUT2D eigenvalue weighted by atomic mass is 9.93. The normalized spacial score (nSPS) is 18.4. The molecule has 1 atom stereocenters. The number of anilines is 1. The Hall–Kier alpha value is -2.56. The van der Waals surface area contributed by atoms with Gasteiger partial charge in [0.25, 0.3) is 5.91 Å². The Morgan fingerprint density at radius 2 is 1.61 bits per heavy atom. The Bertz CT molecular complexity index is 971. The molecule has 1 N–H and O–H groups in total. The maximum absolute atomic E-state index is 13.2. The molecular weight excluding hydrogens is 366 g/mol. The minimum absolute atomic E-state index is 0.187. The van der Waals surface area contributed by atoms with E-state index in [1.54, 1.807) is 6.07 Å². The van der Waals surface area contributed by atoms with Crippen LogP contribution in [-0.2, 0) is 5.72 Å². The Morgan fingerprint density at radius 3 is 2.32 bits per heavy atom. The van der Waals surface area contributed by atoms with E-state index in [-0.39, 0.29) is 5.91 Å². The van der Waals surface area contributed by atoms with Crippen LogP contribution in [0.1, 0.15) is 41.3 Å². The van der Waals surface area contributed by atoms with Gasteiger partial charge in [-0.25, -0.2) is 0 Å². The average molecular weight is 390 g/mol. The number of thioether (sulfide) groups is 1. The van der Waals surface area contributed by atoms with Crippen LogP contribution in [0.2, 0.25) is 0 Å². The summed E-state index contributed by atoms with van der Waals surface area (Å²) in [6.45, 7) is 2.19. The number of rotatable bonds is 6. The number of benzene rings is 3. The molecule has 0 spiro atoms. The molecule has 0 aliphatic carbocycles. The third kappa shape index (κ3) is 3.13. The zero-order valence-electron chi connectivity index (χ0n) is 15.8. The first-order valence-electron chi connectivity index (χ1n) is 9.61. The molecule has 1 heterocycles. The topological polar surface area (TPSA) is 40.5 Å². The van der Waals surface area contributed by atoms with Gasteiger partial charge in [0.15, 0.2) is 5.72 Å². The summed E-state index contributed by atoms with van der Waals surface area (Å²) in [4.78, 5) is 15.9. The Kier molecular flexibility index (Phi) is 5.25. The van der Waals surface area contributed by atoms with Gasteiger partial charge in [-0.2, -0.15) is 0 Å². The smallest absolute Gasteiger partial charge is 0.261 e. The van der Waals surface area contributed by atoms with E-state index in [0.29, 0.717) is 22.4 Å². The standard InChI is InChI=1S/C24H23NO2S/c1-2-3-17-28-20-15-13-19(14-16-20)25-23(26)21-11-7-8-12-22(21)24(25,27)18-9-5-4-6-10-18/h4-16,27H,2-3,17H2,1H3. The van der Waals surface area contributed by atoms with E-state index < -0.39 is 5.72 Å². The minimum Gasteiger partial charge on any atom is -0.363 e. The van der Waals surface area contributed by atoms with Crippen LogP contribution in [0.25, 0.3) is 0 Å². The number of aliphatic hydroxyl groups is 1. The maximum Gasteiger partial charge on any atom is 0.261 e. The number of unbranched alkanes of at least 4 members (excludes halogenated alkanes) is 1. The first kappa shape index (κ1) is 18.8. The maximum atomic E-state index is 13.2. The molecule has 3 nitrogen and oxygen atoms in total. The van der Waals surface area contributed by atoms with Crippen LogP contribution in [0.15, 0.2) is 83.8 Å². The fourth-order valence-corrected chi connectivity index (χ4v) is 4.64. The van der Waals surface area contributed by atoms with Gasteiger partial charge >= 0.3 is 0 Å². The predicted octanol–water partition coefficient (Wildman–Crippen LogP) is 5.43. The van der Waals surface area contributed by atoms with Gasteiger partial charge in [0.1, 0.15) is 0 Å². The van der Waals surface area contributed by atoms with Crippen LogP contribution in [0.3, 0.4) is 0 Å². The summed E-state index contributed by atoms with van der Waals surface area (Å²) in [6.07, 6.45) is 2.36. The Balaban J connectivity index is 1.76. The number of fused-ring (bicyclic) bond motifs is 1. The van der Waals surface area contributed by atoms with Crippen molar-refractivity contribution in [3.05, 3.63) is 95.6 Å². The van der Waals surface area contributed by atoms with Gasteiger partial charge in [0.2, 0.25) is 0 Å². The third-order valence-corrected chi connectivity index (χ3v) is 6.20. The van der Waals surface area contributed by atoms with Crippen molar-refractivity contribution in [1.82, 2.24) is 0 Å². The van der Waals surface area contributed by atoms with Gasteiger partial charge in [-0.05, 0) is 42.5 Å². The fourth-order valence-electron chi connectivity index (χ4n) is 3.65. The quantitative estimate of drug-likeness (QED) is 0.451. The molecule has 1 unspecified atom stereocenters. The summed E-state index contributed by atoms with van der Waals surface area (Å²) in [5.74, 6) is 0.895. The molecule has 142 valence electrons. The van der Waals surface area contributed by atoms with Crippen molar-refractivity contribution in [3.8, 4) is 0 Å². The summed E-state index contributed by atoms with van der Waals surface area (Å²) >= 11 is 1.81. The zero-order valence-corrected chi connectivity index (χ0v) is 16.7. The van der Waals surface area contributed by atoms with Gasteiger partial charge in [-0.3, -0.25) is 9.69 Å². The monoisotopic (exact) mass is 389 g/mol. The van der Waals surface area contributed by atoms with E-state index in [1.807, 2.05) is 84.6 Å². The van der Waals surface area contributed by atoms with Crippen LogP contribution in [0.5, 0.6) is 0 Å². The number of hydrogen-bond donors (Lipinski definition) is 1. The molecule has 0 radical (unpaired) electrons. The lowest BCUT2D eigenvalue weighted by molar-refractivity contribution is 0.0703. The molecule has 1 aliphatic rings. The van der Waals surface area contributed by atoms with Gasteiger partial charge in [-0.15, -0.1) is 11.8 Å². The molecule has 28 heavy (non-hydrogen) atoms. The molecule has 4 heteroatoms. The van der Waals surface area contributed by atoms with Crippen LogP contribution < -0.4 is 4.90 Å². The predicted molar refractivity (Wildman–Crippen MR) is 115 cm³/mol. The van der Waals surface area contributed by atoms with E-state index in [2.05, 4.69) is 6.92 Å². The second-order valence-electron chi connectivity index (χ2n) is 6.92. The number of carbonyl (C=O) groups is 1. The number of hydrogen-bond acceptors (Lipinski definition) is 3. The minimum atomic E-state index is -1.52. The number of nitrogens with zero attached hydrogens (tertiary/aromatic N) is 1. The lowest BCUT2D eigenvalue weighted by Crippen LogP contribution is -2.45. The third-order valence-electron chi connectivity index (χ3n) is 5.10. The highest BCUT2D eigenvalue weighted by atomic mass is 32.2. The SMILES string of the molecule is CCCCSc1ccc(N2C(=O)c3ccccc3C2(O)c2ccccc2)cc1. The number of amides is 1. The van der Waals surface area contributed by atoms with Crippen LogP contribution in [0, 0.1) is 0 Å². The van der Waals surface area contributed by atoms with Crippen LogP contribution in [-0.4, -0.2) is 16.8 Å². The van der Waals surface area contributed by atoms with Crippen LogP contribution >= 0.6 is 11.8 Å². The van der Waals surface area contributed by atoms with E-state index in [4.69, 9.17) is 0 Å². The zero-order chi connectivity index (χ0) is 19.6. The van der Waals surface area contributed by atoms with Gasteiger partial charge in [-0.1, -0.05) is 61.9 Å². The molecule has 0 bridgehead atoms. The molecule has 4 rings (SSSR count). The molecule has 3 aromatic rings. The van der Waals surface area contributed by atoms with Crippen molar-refractivity contribution in [2.24, 2.45) is 0 Å². The van der Waals surface area contributed by atoms with E-state index in [1.165, 1.54) is 22.6 Å². The first-order chi connectivity index (χ1) is 13.7. The molecule has 0 saturated carbocycles. The van der Waals surface area contributed by atoms with Gasteiger partial charge in [0.05, 0.1) is 0 Å². The molecule has 0 fully saturated rings. The van der Waals surface area contributed by atoms with Gasteiger partial charge < -0.3 is 5.11 Å².